The molecule has 130 valence electrons. The molecule has 0 aliphatic heterocycles. The first-order valence-corrected chi connectivity index (χ1v) is 8.57. The van der Waals surface area contributed by atoms with E-state index in [2.05, 4.69) is 42.5 Å². The lowest BCUT2D eigenvalue weighted by molar-refractivity contribution is -0.659. The molecule has 2 heterocycles. The Bertz CT molecular complexity index is 1130. The highest BCUT2D eigenvalue weighted by molar-refractivity contribution is 5.79. The molecule has 0 aliphatic carbocycles. The summed E-state index contributed by atoms with van der Waals surface area (Å²) in [5, 5.41) is 0. The van der Waals surface area contributed by atoms with E-state index in [0.717, 1.165) is 22.4 Å². The number of nitrogens with zero attached hydrogens (tertiary/aromatic N) is 2. The average Bonchev–Trinajstić information content (AvgIpc) is 3.01. The number of hydrogen-bond acceptors (Lipinski definition) is 2. The van der Waals surface area contributed by atoms with Crippen molar-refractivity contribution in [2.45, 2.75) is 20.8 Å². The predicted molar refractivity (Wildman–Crippen MR) is 100 cm³/mol. The third kappa shape index (κ3) is 2.77. The first-order valence-electron chi connectivity index (χ1n) is 8.57. The molecule has 3 nitrogen and oxygen atoms in total. The first kappa shape index (κ1) is 16.5. The minimum atomic E-state index is -0.274. The second kappa shape index (κ2) is 6.06. The summed E-state index contributed by atoms with van der Waals surface area (Å²) in [5.74, 6) is 0.220. The van der Waals surface area contributed by atoms with Gasteiger partial charge in [-0.1, -0.05) is 11.6 Å². The number of oxazole rings is 1. The summed E-state index contributed by atoms with van der Waals surface area (Å²) in [6.07, 6.45) is 1.97. The fraction of sp³-hybridized carbons (Fsp3) is 0.182. The highest BCUT2D eigenvalue weighted by Gasteiger charge is 2.19. The van der Waals surface area contributed by atoms with Crippen LogP contribution in [0.2, 0.25) is 0 Å². The van der Waals surface area contributed by atoms with Gasteiger partial charge in [0.05, 0.1) is 6.07 Å². The van der Waals surface area contributed by atoms with Crippen LogP contribution in [0.3, 0.4) is 0 Å². The third-order valence-corrected chi connectivity index (χ3v) is 4.82. The molecule has 4 heteroatoms. The van der Waals surface area contributed by atoms with Crippen molar-refractivity contribution in [2.24, 2.45) is 7.05 Å². The standard InChI is InChI=1S/C22H20FN2O/c1-13-9-14(2)15(3)18(10-13)20-11-21-19(12-25(20)4)24-22(26-21)16-5-7-17(23)8-6-16/h5-12H,1-4H3/q+1. The van der Waals surface area contributed by atoms with Gasteiger partial charge >= 0.3 is 0 Å². The van der Waals surface area contributed by atoms with Crippen LogP contribution in [0.25, 0.3) is 33.8 Å². The van der Waals surface area contributed by atoms with E-state index >= 15 is 0 Å². The van der Waals surface area contributed by atoms with Crippen molar-refractivity contribution in [1.29, 1.82) is 0 Å². The smallest absolute Gasteiger partial charge is 0.227 e. The zero-order chi connectivity index (χ0) is 18.4. The predicted octanol–water partition coefficient (Wildman–Crippen LogP) is 5.05. The Morgan fingerprint density at radius 2 is 1.73 bits per heavy atom. The highest BCUT2D eigenvalue weighted by atomic mass is 19.1. The van der Waals surface area contributed by atoms with Crippen LogP contribution < -0.4 is 4.57 Å². The fourth-order valence-corrected chi connectivity index (χ4v) is 3.31. The lowest BCUT2D eigenvalue weighted by Crippen LogP contribution is -2.30. The topological polar surface area (TPSA) is 29.9 Å². The van der Waals surface area contributed by atoms with E-state index in [0.29, 0.717) is 5.89 Å². The molecule has 0 aliphatic rings. The molecule has 0 atom stereocenters. The molecule has 0 fully saturated rings. The van der Waals surface area contributed by atoms with Crippen molar-refractivity contribution < 1.29 is 13.4 Å². The Kier molecular flexibility index (Phi) is 3.83. The molecule has 0 radical (unpaired) electrons. The third-order valence-electron chi connectivity index (χ3n) is 4.82. The molecule has 4 aromatic rings. The Hall–Kier alpha value is -3.01. The van der Waals surface area contributed by atoms with Crippen LogP contribution in [0, 0.1) is 26.6 Å². The van der Waals surface area contributed by atoms with Gasteiger partial charge < -0.3 is 4.42 Å². The van der Waals surface area contributed by atoms with Crippen molar-refractivity contribution in [3.8, 4) is 22.7 Å². The van der Waals surface area contributed by atoms with Crippen molar-refractivity contribution >= 4 is 11.1 Å². The van der Waals surface area contributed by atoms with E-state index in [9.17, 15) is 4.39 Å². The monoisotopic (exact) mass is 347 g/mol. The second-order valence-corrected chi connectivity index (χ2v) is 6.80. The normalized spacial score (nSPS) is 11.3. The molecular weight excluding hydrogens is 327 g/mol. The van der Waals surface area contributed by atoms with Crippen LogP contribution >= 0.6 is 0 Å². The number of halogens is 1. The Labute approximate surface area is 151 Å². The van der Waals surface area contributed by atoms with Crippen molar-refractivity contribution in [3.05, 3.63) is 71.2 Å². The molecule has 0 spiro atoms. The van der Waals surface area contributed by atoms with E-state index in [4.69, 9.17) is 4.42 Å². The number of aromatic nitrogens is 2. The summed E-state index contributed by atoms with van der Waals surface area (Å²) in [7, 11) is 2.01. The van der Waals surface area contributed by atoms with Crippen molar-refractivity contribution in [2.75, 3.05) is 0 Å². The molecule has 2 aromatic carbocycles. The Balaban J connectivity index is 1.88. The van der Waals surface area contributed by atoms with Gasteiger partial charge in [0.25, 0.3) is 0 Å². The molecule has 4 rings (SSSR count). The van der Waals surface area contributed by atoms with E-state index in [1.165, 1.54) is 34.4 Å². The summed E-state index contributed by atoms with van der Waals surface area (Å²) in [4.78, 5) is 4.56. The van der Waals surface area contributed by atoms with Gasteiger partial charge in [-0.05, 0) is 62.2 Å². The van der Waals surface area contributed by atoms with Crippen LogP contribution in [0.15, 0.2) is 53.1 Å². The molecule has 0 saturated carbocycles. The SMILES string of the molecule is Cc1cc(C)c(C)c(-c2cc3oc(-c4ccc(F)cc4)nc3c[n+]2C)c1. The second-order valence-electron chi connectivity index (χ2n) is 6.80. The molecule has 0 amide bonds. The van der Waals surface area contributed by atoms with Crippen molar-refractivity contribution in [3.63, 3.8) is 0 Å². The van der Waals surface area contributed by atoms with Gasteiger partial charge in [-0.2, -0.15) is 4.57 Å². The number of pyridine rings is 1. The minimum absolute atomic E-state index is 0.274. The molecule has 0 bridgehead atoms. The number of rotatable bonds is 2. The average molecular weight is 347 g/mol. The maximum atomic E-state index is 13.1. The lowest BCUT2D eigenvalue weighted by atomic mass is 9.97. The molecular formula is C22H20FN2O+. The number of hydrogen-bond donors (Lipinski definition) is 0. The number of benzene rings is 2. The van der Waals surface area contributed by atoms with Crippen LogP contribution in [0.5, 0.6) is 0 Å². The molecule has 0 saturated heterocycles. The van der Waals surface area contributed by atoms with Gasteiger partial charge in [0.15, 0.2) is 17.3 Å². The quantitative estimate of drug-likeness (QED) is 0.475. The maximum absolute atomic E-state index is 13.1. The van der Waals surface area contributed by atoms with Crippen LogP contribution in [-0.4, -0.2) is 4.98 Å². The van der Waals surface area contributed by atoms with Crippen LogP contribution in [-0.2, 0) is 7.05 Å². The van der Waals surface area contributed by atoms with Crippen molar-refractivity contribution in [1.82, 2.24) is 4.98 Å². The zero-order valence-electron chi connectivity index (χ0n) is 15.3. The van der Waals surface area contributed by atoms with Gasteiger partial charge in [-0.3, -0.25) is 0 Å². The minimum Gasteiger partial charge on any atom is -0.436 e. The largest absolute Gasteiger partial charge is 0.436 e. The zero-order valence-corrected chi connectivity index (χ0v) is 15.3. The van der Waals surface area contributed by atoms with E-state index in [1.807, 2.05) is 19.3 Å². The Morgan fingerprint density at radius 1 is 1.00 bits per heavy atom. The number of fused-ring (bicyclic) bond motifs is 1. The molecule has 0 N–H and O–H groups in total. The summed E-state index contributed by atoms with van der Waals surface area (Å²) in [5.41, 5.74) is 8.26. The van der Waals surface area contributed by atoms with Crippen LogP contribution in [0.1, 0.15) is 16.7 Å². The van der Waals surface area contributed by atoms with Gasteiger partial charge in [-0.25, -0.2) is 9.37 Å². The summed E-state index contributed by atoms with van der Waals surface area (Å²) in [6.45, 7) is 6.37. The van der Waals surface area contributed by atoms with E-state index < -0.39 is 0 Å². The van der Waals surface area contributed by atoms with Crippen LogP contribution in [0.4, 0.5) is 4.39 Å². The highest BCUT2D eigenvalue weighted by Crippen LogP contribution is 2.29. The molecule has 26 heavy (non-hydrogen) atoms. The van der Waals surface area contributed by atoms with Gasteiger partial charge in [0, 0.05) is 11.1 Å². The van der Waals surface area contributed by atoms with Gasteiger partial charge in [-0.15, -0.1) is 0 Å². The van der Waals surface area contributed by atoms with E-state index in [-0.39, 0.29) is 5.82 Å². The molecule has 2 aromatic heterocycles. The summed E-state index contributed by atoms with van der Waals surface area (Å²) >= 11 is 0. The maximum Gasteiger partial charge on any atom is 0.227 e. The molecule has 0 unspecified atom stereocenters. The Morgan fingerprint density at radius 3 is 2.46 bits per heavy atom. The summed E-state index contributed by atoms with van der Waals surface area (Å²) < 4.78 is 21.2. The fourth-order valence-electron chi connectivity index (χ4n) is 3.31. The number of aryl methyl sites for hydroxylation is 3. The van der Waals surface area contributed by atoms with E-state index in [1.54, 1.807) is 12.1 Å². The van der Waals surface area contributed by atoms with Gasteiger partial charge in [0.2, 0.25) is 11.6 Å². The lowest BCUT2D eigenvalue weighted by Gasteiger charge is -2.08. The van der Waals surface area contributed by atoms with Gasteiger partial charge in [0.1, 0.15) is 12.9 Å². The first-order chi connectivity index (χ1) is 12.4. The summed E-state index contributed by atoms with van der Waals surface area (Å²) in [6, 6.07) is 12.6.